The summed E-state index contributed by atoms with van der Waals surface area (Å²) in [5.41, 5.74) is 7.60. The highest BCUT2D eigenvalue weighted by atomic mass is 32.3. The summed E-state index contributed by atoms with van der Waals surface area (Å²) in [6.07, 6.45) is 5.09. The van der Waals surface area contributed by atoms with E-state index >= 15 is 0 Å². The second-order valence-electron chi connectivity index (χ2n) is 7.21. The first-order valence-electron chi connectivity index (χ1n) is 9.55. The third-order valence-corrected chi connectivity index (χ3v) is 5.91. The zero-order valence-corrected chi connectivity index (χ0v) is 17.0. The number of carbonyl (C=O) groups is 1. The molecule has 2 aliphatic heterocycles. The van der Waals surface area contributed by atoms with Crippen LogP contribution in [0, 0.1) is 5.92 Å². The molecule has 2 aliphatic rings. The van der Waals surface area contributed by atoms with E-state index < -0.39 is 11.0 Å². The second-order valence-corrected chi connectivity index (χ2v) is 8.63. The minimum Gasteiger partial charge on any atom is -0.492 e. The maximum atomic E-state index is 12.6. The van der Waals surface area contributed by atoms with E-state index in [9.17, 15) is 13.9 Å². The summed E-state index contributed by atoms with van der Waals surface area (Å²) in [5, 5.41) is 2.88. The standard InChI is InChI=1S/C19H24N6O4S/c20-18-17-15(23-30(27,28)24-18)4-1-5-16(17)29-12-13-3-2-10-25(11-13)19(26)22-14-6-8-21-9-7-14/h1,4-9,13,23,27-28H,2-3,10-12H2,(H2,20,24)(H,21,22,26). The van der Waals surface area contributed by atoms with Gasteiger partial charge in [0.2, 0.25) is 0 Å². The van der Waals surface area contributed by atoms with Crippen LogP contribution in [0.15, 0.2) is 47.1 Å². The highest BCUT2D eigenvalue weighted by Crippen LogP contribution is 2.46. The molecule has 2 aromatic rings. The molecule has 2 amide bonds. The number of nitrogens with two attached hydrogens (primary N) is 1. The number of piperidine rings is 1. The number of fused-ring (bicyclic) bond motifs is 1. The molecule has 1 atom stereocenters. The number of carbonyl (C=O) groups excluding carboxylic acids is 1. The van der Waals surface area contributed by atoms with Crippen LogP contribution >= 0.6 is 11.0 Å². The van der Waals surface area contributed by atoms with Gasteiger partial charge in [0.1, 0.15) is 5.75 Å². The van der Waals surface area contributed by atoms with E-state index in [4.69, 9.17) is 10.5 Å². The predicted octanol–water partition coefficient (Wildman–Crippen LogP) is 3.12. The molecule has 3 heterocycles. The van der Waals surface area contributed by atoms with Gasteiger partial charge in [0, 0.05) is 37.1 Å². The summed E-state index contributed by atoms with van der Waals surface area (Å²) in [6.45, 7) is 1.67. The van der Waals surface area contributed by atoms with Gasteiger partial charge in [-0.15, -0.1) is 4.40 Å². The van der Waals surface area contributed by atoms with Crippen molar-refractivity contribution in [3.8, 4) is 5.75 Å². The summed E-state index contributed by atoms with van der Waals surface area (Å²) in [5.74, 6) is 0.684. The SMILES string of the molecule is NC1=NS(O)(O)Nc2cccc(OCC3CCCN(C(=O)Nc4ccncc4)C3)c21. The molecular formula is C19H24N6O4S. The molecule has 4 rings (SSSR count). The first-order valence-corrected chi connectivity index (χ1v) is 11.0. The molecule has 1 unspecified atom stereocenters. The molecule has 11 heteroatoms. The molecule has 0 saturated carbocycles. The number of hydrogen-bond donors (Lipinski definition) is 5. The zero-order chi connectivity index (χ0) is 21.1. The van der Waals surface area contributed by atoms with Crippen LogP contribution in [0.2, 0.25) is 0 Å². The lowest BCUT2D eigenvalue weighted by Crippen LogP contribution is -2.43. The molecule has 1 saturated heterocycles. The minimum absolute atomic E-state index is 0.0151. The van der Waals surface area contributed by atoms with Gasteiger partial charge in [-0.25, -0.2) is 4.79 Å². The molecule has 1 fully saturated rings. The Kier molecular flexibility index (Phi) is 5.66. The number of anilines is 2. The predicted molar refractivity (Wildman–Crippen MR) is 117 cm³/mol. The number of pyridine rings is 1. The summed E-state index contributed by atoms with van der Waals surface area (Å²) in [7, 11) is -3.34. The molecular weight excluding hydrogens is 408 g/mol. The average Bonchev–Trinajstić information content (AvgIpc) is 2.72. The number of nitrogens with one attached hydrogen (secondary N) is 2. The van der Waals surface area contributed by atoms with Crippen molar-refractivity contribution in [2.45, 2.75) is 12.8 Å². The number of ether oxygens (including phenoxy) is 1. The lowest BCUT2D eigenvalue weighted by atomic mass is 9.99. The second kappa shape index (κ2) is 8.38. The minimum atomic E-state index is -3.34. The number of hydrogen-bond acceptors (Lipinski definition) is 8. The Bertz CT molecular complexity index is 955. The van der Waals surface area contributed by atoms with E-state index in [2.05, 4.69) is 19.4 Å². The number of nitrogens with zero attached hydrogens (tertiary/aromatic N) is 3. The summed E-state index contributed by atoms with van der Waals surface area (Å²) < 4.78 is 31.8. The largest absolute Gasteiger partial charge is 0.492 e. The van der Waals surface area contributed by atoms with Gasteiger partial charge < -0.3 is 20.7 Å². The maximum absolute atomic E-state index is 12.6. The van der Waals surface area contributed by atoms with Gasteiger partial charge >= 0.3 is 6.03 Å². The van der Waals surface area contributed by atoms with Crippen molar-refractivity contribution in [1.29, 1.82) is 0 Å². The van der Waals surface area contributed by atoms with Crippen molar-refractivity contribution in [3.63, 3.8) is 0 Å². The number of rotatable bonds is 4. The average molecular weight is 433 g/mol. The quantitative estimate of drug-likeness (QED) is 0.499. The lowest BCUT2D eigenvalue weighted by Gasteiger charge is -2.34. The molecule has 0 spiro atoms. The van der Waals surface area contributed by atoms with Crippen LogP contribution < -0.4 is 20.5 Å². The van der Waals surface area contributed by atoms with E-state index in [1.807, 2.05) is 0 Å². The molecule has 0 aliphatic carbocycles. The topological polar surface area (TPSA) is 145 Å². The monoisotopic (exact) mass is 432 g/mol. The lowest BCUT2D eigenvalue weighted by molar-refractivity contribution is 0.145. The normalized spacial score (nSPS) is 20.9. The van der Waals surface area contributed by atoms with Crippen LogP contribution in [0.1, 0.15) is 18.4 Å². The Labute approximate surface area is 175 Å². The van der Waals surface area contributed by atoms with Crippen molar-refractivity contribution in [2.24, 2.45) is 16.0 Å². The highest BCUT2D eigenvalue weighted by Gasteiger charge is 2.27. The van der Waals surface area contributed by atoms with Crippen molar-refractivity contribution >= 4 is 34.2 Å². The van der Waals surface area contributed by atoms with Crippen molar-refractivity contribution in [1.82, 2.24) is 9.88 Å². The number of likely N-dealkylation sites (tertiary alicyclic amines) is 1. The van der Waals surface area contributed by atoms with Gasteiger partial charge in [-0.3, -0.25) is 18.8 Å². The molecule has 30 heavy (non-hydrogen) atoms. The van der Waals surface area contributed by atoms with Gasteiger partial charge in [0.25, 0.3) is 0 Å². The smallest absolute Gasteiger partial charge is 0.321 e. The number of amidine groups is 1. The van der Waals surface area contributed by atoms with Gasteiger partial charge in [-0.2, -0.15) is 0 Å². The van der Waals surface area contributed by atoms with Crippen molar-refractivity contribution in [3.05, 3.63) is 48.3 Å². The van der Waals surface area contributed by atoms with E-state index in [0.717, 1.165) is 12.8 Å². The van der Waals surface area contributed by atoms with E-state index in [1.54, 1.807) is 47.6 Å². The van der Waals surface area contributed by atoms with E-state index in [0.29, 0.717) is 42.4 Å². The van der Waals surface area contributed by atoms with Gasteiger partial charge in [0.15, 0.2) is 5.84 Å². The zero-order valence-electron chi connectivity index (χ0n) is 16.2. The molecule has 160 valence electrons. The summed E-state index contributed by atoms with van der Waals surface area (Å²) in [4.78, 5) is 18.3. The Hall–Kier alpha value is -3.02. The van der Waals surface area contributed by atoms with Gasteiger partial charge in [-0.05, 0) is 48.1 Å². The first kappa shape index (κ1) is 20.3. The fourth-order valence-corrected chi connectivity index (χ4v) is 4.46. The Morgan fingerprint density at radius 3 is 2.93 bits per heavy atom. The van der Waals surface area contributed by atoms with Gasteiger partial charge in [-0.1, -0.05) is 6.07 Å². The summed E-state index contributed by atoms with van der Waals surface area (Å²) in [6, 6.07) is 8.53. The van der Waals surface area contributed by atoms with Gasteiger partial charge in [0.05, 0.1) is 17.9 Å². The third-order valence-electron chi connectivity index (χ3n) is 4.97. The number of amides is 2. The molecule has 0 radical (unpaired) electrons. The first-order chi connectivity index (χ1) is 14.4. The van der Waals surface area contributed by atoms with E-state index in [-0.39, 0.29) is 17.8 Å². The van der Waals surface area contributed by atoms with Crippen LogP contribution in [0.3, 0.4) is 0 Å². The van der Waals surface area contributed by atoms with E-state index in [1.165, 1.54) is 0 Å². The molecule has 6 N–H and O–H groups in total. The summed E-state index contributed by atoms with van der Waals surface area (Å²) >= 11 is 0. The fourth-order valence-electron chi connectivity index (χ4n) is 3.58. The number of urea groups is 1. The Morgan fingerprint density at radius 2 is 2.13 bits per heavy atom. The third kappa shape index (κ3) is 4.58. The highest BCUT2D eigenvalue weighted by molar-refractivity contribution is 8.24. The van der Waals surface area contributed by atoms with Crippen LogP contribution in [0.5, 0.6) is 5.75 Å². The van der Waals surface area contributed by atoms with Crippen LogP contribution in [-0.2, 0) is 0 Å². The Morgan fingerprint density at radius 1 is 1.33 bits per heavy atom. The number of benzene rings is 1. The van der Waals surface area contributed by atoms with Crippen LogP contribution in [0.25, 0.3) is 0 Å². The van der Waals surface area contributed by atoms with Crippen LogP contribution in [0.4, 0.5) is 16.2 Å². The van der Waals surface area contributed by atoms with Crippen LogP contribution in [-0.4, -0.2) is 50.6 Å². The molecule has 1 aromatic carbocycles. The maximum Gasteiger partial charge on any atom is 0.321 e. The Balaban J connectivity index is 1.38. The van der Waals surface area contributed by atoms with Crippen molar-refractivity contribution in [2.75, 3.05) is 29.7 Å². The molecule has 1 aromatic heterocycles. The fraction of sp³-hybridized carbons (Fsp3) is 0.316. The number of aromatic nitrogens is 1. The van der Waals surface area contributed by atoms with Crippen molar-refractivity contribution < 1.29 is 18.6 Å². The molecule has 10 nitrogen and oxygen atoms in total. The molecule has 0 bridgehead atoms.